The normalized spacial score (nSPS) is 13.8. The highest BCUT2D eigenvalue weighted by Crippen LogP contribution is 2.39. The summed E-state index contributed by atoms with van der Waals surface area (Å²) in [5, 5.41) is 3.00. The highest BCUT2D eigenvalue weighted by molar-refractivity contribution is 9.10. The summed E-state index contributed by atoms with van der Waals surface area (Å²) >= 11 is 3.37. The summed E-state index contributed by atoms with van der Waals surface area (Å²) in [6, 6.07) is 3.70. The lowest BCUT2D eigenvalue weighted by Crippen LogP contribution is -2.23. The summed E-state index contributed by atoms with van der Waals surface area (Å²) in [5.41, 5.74) is 0.942. The predicted molar refractivity (Wildman–Crippen MR) is 68.8 cm³/mol. The second-order valence-electron chi connectivity index (χ2n) is 4.16. The van der Waals surface area contributed by atoms with Gasteiger partial charge < -0.3 is 19.5 Å². The van der Waals surface area contributed by atoms with E-state index in [0.29, 0.717) is 24.6 Å². The van der Waals surface area contributed by atoms with Crippen molar-refractivity contribution < 1.29 is 27.4 Å². The van der Waals surface area contributed by atoms with Crippen LogP contribution in [0.4, 0.5) is 13.2 Å². The second-order valence-corrected chi connectivity index (χ2v) is 5.01. The minimum Gasteiger partial charge on any atom is -0.454 e. The first-order valence-corrected chi connectivity index (χ1v) is 6.68. The van der Waals surface area contributed by atoms with Crippen molar-refractivity contribution in [2.45, 2.75) is 12.7 Å². The van der Waals surface area contributed by atoms with Crippen LogP contribution in [0.2, 0.25) is 0 Å². The highest BCUT2D eigenvalue weighted by Gasteiger charge is 2.27. The molecule has 0 spiro atoms. The molecule has 0 saturated heterocycles. The van der Waals surface area contributed by atoms with E-state index in [1.165, 1.54) is 0 Å². The third kappa shape index (κ3) is 4.53. The molecule has 0 unspecified atom stereocenters. The zero-order chi connectivity index (χ0) is 14.6. The van der Waals surface area contributed by atoms with Gasteiger partial charge in [0.05, 0.1) is 11.1 Å². The minimum absolute atomic E-state index is 0.00519. The van der Waals surface area contributed by atoms with Crippen molar-refractivity contribution in [1.82, 2.24) is 5.32 Å². The van der Waals surface area contributed by atoms with Gasteiger partial charge in [0, 0.05) is 13.1 Å². The van der Waals surface area contributed by atoms with Crippen LogP contribution in [0.1, 0.15) is 5.56 Å². The van der Waals surface area contributed by atoms with Crippen LogP contribution in [0, 0.1) is 0 Å². The molecule has 1 aromatic rings. The van der Waals surface area contributed by atoms with E-state index in [1.807, 2.05) is 12.1 Å². The molecular weight excluding hydrogens is 343 g/mol. The van der Waals surface area contributed by atoms with Crippen LogP contribution in [0.25, 0.3) is 0 Å². The first-order valence-electron chi connectivity index (χ1n) is 5.89. The van der Waals surface area contributed by atoms with Crippen molar-refractivity contribution in [3.05, 3.63) is 22.2 Å². The maximum absolute atomic E-state index is 11.8. The molecule has 0 bridgehead atoms. The van der Waals surface area contributed by atoms with E-state index in [1.54, 1.807) is 0 Å². The molecule has 1 N–H and O–H groups in total. The number of fused-ring (bicyclic) bond motifs is 1. The third-order valence-electron chi connectivity index (χ3n) is 2.51. The number of benzene rings is 1. The van der Waals surface area contributed by atoms with E-state index >= 15 is 0 Å². The molecule has 0 radical (unpaired) electrons. The Bertz CT molecular complexity index is 468. The predicted octanol–water partition coefficient (Wildman–Crippen LogP) is 2.85. The fourth-order valence-corrected chi connectivity index (χ4v) is 2.29. The molecule has 0 aliphatic carbocycles. The Hall–Kier alpha value is -0.990. The van der Waals surface area contributed by atoms with Gasteiger partial charge in [0.25, 0.3) is 0 Å². The maximum atomic E-state index is 11.8. The Morgan fingerprint density at radius 1 is 1.30 bits per heavy atom. The quantitative estimate of drug-likeness (QED) is 0.796. The lowest BCUT2D eigenvalue weighted by molar-refractivity contribution is -0.173. The Kier molecular flexibility index (Phi) is 5.11. The van der Waals surface area contributed by atoms with Crippen LogP contribution in [0.15, 0.2) is 16.6 Å². The lowest BCUT2D eigenvalue weighted by atomic mass is 10.2. The molecule has 1 heterocycles. The average molecular weight is 356 g/mol. The summed E-state index contributed by atoms with van der Waals surface area (Å²) in [6.07, 6.45) is -4.28. The second kappa shape index (κ2) is 6.64. The summed E-state index contributed by atoms with van der Waals surface area (Å²) in [5.74, 6) is 1.33. The third-order valence-corrected chi connectivity index (χ3v) is 3.09. The van der Waals surface area contributed by atoms with Crippen molar-refractivity contribution in [1.29, 1.82) is 0 Å². The standard InChI is InChI=1S/C12H13BrF3NO3/c13-9-3-8(4-10-11(9)20-7-19-10)5-17-1-2-18-6-12(14,15)16/h3-4,17H,1-2,5-7H2. The Balaban J connectivity index is 1.71. The first-order chi connectivity index (χ1) is 9.46. The summed E-state index contributed by atoms with van der Waals surface area (Å²) in [6.45, 7) is -0.182. The van der Waals surface area contributed by atoms with Gasteiger partial charge in [-0.15, -0.1) is 0 Å². The van der Waals surface area contributed by atoms with Gasteiger partial charge >= 0.3 is 6.18 Å². The molecule has 112 valence electrons. The minimum atomic E-state index is -4.28. The van der Waals surface area contributed by atoms with Crippen LogP contribution < -0.4 is 14.8 Å². The molecule has 1 aliphatic heterocycles. The van der Waals surface area contributed by atoms with Crippen molar-refractivity contribution in [2.75, 3.05) is 26.6 Å². The molecule has 0 fully saturated rings. The molecule has 0 amide bonds. The van der Waals surface area contributed by atoms with E-state index in [9.17, 15) is 13.2 Å². The zero-order valence-corrected chi connectivity index (χ0v) is 12.0. The fourth-order valence-electron chi connectivity index (χ4n) is 1.69. The number of nitrogens with one attached hydrogen (secondary N) is 1. The molecule has 2 rings (SSSR count). The summed E-state index contributed by atoms with van der Waals surface area (Å²) in [7, 11) is 0. The Morgan fingerprint density at radius 3 is 2.85 bits per heavy atom. The number of halogens is 4. The van der Waals surface area contributed by atoms with E-state index in [-0.39, 0.29) is 13.4 Å². The number of ether oxygens (including phenoxy) is 3. The van der Waals surface area contributed by atoms with Gasteiger partial charge in [-0.1, -0.05) is 0 Å². The van der Waals surface area contributed by atoms with E-state index in [0.717, 1.165) is 10.0 Å². The fraction of sp³-hybridized carbons (Fsp3) is 0.500. The van der Waals surface area contributed by atoms with Gasteiger partial charge in [-0.05, 0) is 33.6 Å². The van der Waals surface area contributed by atoms with Crippen LogP contribution in [0.3, 0.4) is 0 Å². The molecule has 8 heteroatoms. The Morgan fingerprint density at radius 2 is 2.10 bits per heavy atom. The average Bonchev–Trinajstić information content (AvgIpc) is 2.81. The van der Waals surface area contributed by atoms with Crippen LogP contribution in [-0.2, 0) is 11.3 Å². The van der Waals surface area contributed by atoms with Gasteiger partial charge in [-0.3, -0.25) is 0 Å². The van der Waals surface area contributed by atoms with Crippen molar-refractivity contribution in [3.8, 4) is 11.5 Å². The highest BCUT2D eigenvalue weighted by atomic mass is 79.9. The van der Waals surface area contributed by atoms with Gasteiger partial charge in [0.1, 0.15) is 6.61 Å². The van der Waals surface area contributed by atoms with Gasteiger partial charge in [0.2, 0.25) is 6.79 Å². The van der Waals surface area contributed by atoms with Crippen molar-refractivity contribution in [3.63, 3.8) is 0 Å². The first kappa shape index (κ1) is 15.4. The number of hydrogen-bond acceptors (Lipinski definition) is 4. The molecule has 1 aromatic carbocycles. The SMILES string of the molecule is FC(F)(F)COCCNCc1cc(Br)c2c(c1)OCO2. The van der Waals surface area contributed by atoms with Crippen molar-refractivity contribution >= 4 is 15.9 Å². The van der Waals surface area contributed by atoms with Gasteiger partial charge in [-0.25, -0.2) is 0 Å². The molecule has 0 atom stereocenters. The molecule has 0 aromatic heterocycles. The molecule has 1 aliphatic rings. The van der Waals surface area contributed by atoms with Crippen LogP contribution >= 0.6 is 15.9 Å². The smallest absolute Gasteiger partial charge is 0.411 e. The largest absolute Gasteiger partial charge is 0.454 e. The number of rotatable bonds is 6. The van der Waals surface area contributed by atoms with Gasteiger partial charge in [0.15, 0.2) is 11.5 Å². The van der Waals surface area contributed by atoms with E-state index in [4.69, 9.17) is 9.47 Å². The molecule has 4 nitrogen and oxygen atoms in total. The topological polar surface area (TPSA) is 39.7 Å². The van der Waals surface area contributed by atoms with E-state index in [2.05, 4.69) is 26.0 Å². The van der Waals surface area contributed by atoms with Crippen molar-refractivity contribution in [2.24, 2.45) is 0 Å². The van der Waals surface area contributed by atoms with E-state index < -0.39 is 12.8 Å². The summed E-state index contributed by atoms with van der Waals surface area (Å²) in [4.78, 5) is 0. The lowest BCUT2D eigenvalue weighted by Gasteiger charge is -2.09. The molecule has 0 saturated carbocycles. The zero-order valence-electron chi connectivity index (χ0n) is 10.4. The molecule has 20 heavy (non-hydrogen) atoms. The monoisotopic (exact) mass is 355 g/mol. The van der Waals surface area contributed by atoms with Crippen LogP contribution in [0.5, 0.6) is 11.5 Å². The van der Waals surface area contributed by atoms with Gasteiger partial charge in [-0.2, -0.15) is 13.2 Å². The summed E-state index contributed by atoms with van der Waals surface area (Å²) < 4.78 is 51.3. The Labute approximate surface area is 122 Å². The maximum Gasteiger partial charge on any atom is 0.411 e. The number of alkyl halides is 3. The number of hydrogen-bond donors (Lipinski definition) is 1. The molecular formula is C12H13BrF3NO3. The van der Waals surface area contributed by atoms with Crippen LogP contribution in [-0.4, -0.2) is 32.7 Å².